The van der Waals surface area contributed by atoms with Gasteiger partial charge in [0.2, 0.25) is 0 Å². The van der Waals surface area contributed by atoms with Crippen LogP contribution in [0.5, 0.6) is 0 Å². The smallest absolute Gasteiger partial charge is 0.152 e. The summed E-state index contributed by atoms with van der Waals surface area (Å²) >= 11 is 0. The van der Waals surface area contributed by atoms with E-state index in [1.807, 2.05) is 31.7 Å². The molecule has 4 rings (SSSR count). The molecule has 0 N–H and O–H groups in total. The third kappa shape index (κ3) is 4.07. The first-order valence-corrected chi connectivity index (χ1v) is 9.30. The van der Waals surface area contributed by atoms with Crippen LogP contribution in [0.1, 0.15) is 12.6 Å². The summed E-state index contributed by atoms with van der Waals surface area (Å²) in [5.41, 5.74) is 3.01. The topological polar surface area (TPSA) is 60.2 Å². The number of benzene rings is 1. The second-order valence-electron chi connectivity index (χ2n) is 7.25. The number of pyridine rings is 1. The van der Waals surface area contributed by atoms with Crippen LogP contribution in [0.2, 0.25) is 0 Å². The lowest BCUT2D eigenvalue weighted by atomic mass is 10.0. The van der Waals surface area contributed by atoms with Crippen LogP contribution in [0.3, 0.4) is 0 Å². The van der Waals surface area contributed by atoms with Crippen molar-refractivity contribution in [3.8, 4) is 11.1 Å². The minimum Gasteiger partial charge on any atom is -0.379 e. The predicted molar refractivity (Wildman–Crippen MR) is 105 cm³/mol. The highest BCUT2D eigenvalue weighted by molar-refractivity contribution is 5.88. The van der Waals surface area contributed by atoms with Crippen molar-refractivity contribution in [2.24, 2.45) is 7.05 Å². The van der Waals surface area contributed by atoms with E-state index in [2.05, 4.69) is 40.1 Å². The summed E-state index contributed by atoms with van der Waals surface area (Å²) in [5.74, 6) is 0.194. The third-order valence-electron chi connectivity index (χ3n) is 5.08. The van der Waals surface area contributed by atoms with E-state index in [9.17, 15) is 4.79 Å². The number of Topliss-reactive ketones (excluding diaryl/α,β-unsaturated/α-hetero) is 1. The van der Waals surface area contributed by atoms with Gasteiger partial charge in [0, 0.05) is 48.7 Å². The Kier molecular flexibility index (Phi) is 5.01. The average Bonchev–Trinajstić information content (AvgIpc) is 3.09. The van der Waals surface area contributed by atoms with Crippen molar-refractivity contribution in [2.75, 3.05) is 26.3 Å². The first-order valence-electron chi connectivity index (χ1n) is 9.30. The van der Waals surface area contributed by atoms with E-state index in [1.165, 1.54) is 0 Å². The standard InChI is InChI=1S/C21H24N4O2/c1-15-14-27-6-5-25(15)13-21(26)9-20-8-18-7-16(3-4-17(18)10-22-20)19-11-23-24(2)12-19/h3-4,7-8,10-12,15H,5-6,9,13-14H2,1-2H3/t15-/m0/s1. The largest absolute Gasteiger partial charge is 0.379 e. The molecule has 1 aliphatic heterocycles. The van der Waals surface area contributed by atoms with Gasteiger partial charge in [-0.3, -0.25) is 19.4 Å². The zero-order valence-electron chi connectivity index (χ0n) is 15.8. The lowest BCUT2D eigenvalue weighted by Crippen LogP contribution is -2.46. The van der Waals surface area contributed by atoms with Crippen molar-refractivity contribution in [1.29, 1.82) is 0 Å². The fourth-order valence-electron chi connectivity index (χ4n) is 3.51. The second kappa shape index (κ2) is 7.58. The number of hydrogen-bond donors (Lipinski definition) is 0. The Labute approximate surface area is 158 Å². The molecule has 0 bridgehead atoms. The van der Waals surface area contributed by atoms with E-state index >= 15 is 0 Å². The summed E-state index contributed by atoms with van der Waals surface area (Å²) in [4.78, 5) is 19.2. The number of ether oxygens (including phenoxy) is 1. The third-order valence-corrected chi connectivity index (χ3v) is 5.08. The number of hydrogen-bond acceptors (Lipinski definition) is 5. The molecule has 0 radical (unpaired) electrons. The van der Waals surface area contributed by atoms with Gasteiger partial charge in [-0.2, -0.15) is 5.10 Å². The maximum Gasteiger partial charge on any atom is 0.152 e. The van der Waals surface area contributed by atoms with E-state index in [0.717, 1.165) is 34.1 Å². The fraction of sp³-hybridized carbons (Fsp3) is 0.381. The molecule has 3 aromatic rings. The monoisotopic (exact) mass is 364 g/mol. The molecule has 0 spiro atoms. The zero-order chi connectivity index (χ0) is 18.8. The molecular formula is C21H24N4O2. The first kappa shape index (κ1) is 17.8. The van der Waals surface area contributed by atoms with Crippen LogP contribution < -0.4 is 0 Å². The number of fused-ring (bicyclic) bond motifs is 1. The van der Waals surface area contributed by atoms with Crippen molar-refractivity contribution in [3.05, 3.63) is 48.5 Å². The first-order chi connectivity index (χ1) is 13.1. The van der Waals surface area contributed by atoms with Gasteiger partial charge in [0.25, 0.3) is 0 Å². The molecule has 6 heteroatoms. The van der Waals surface area contributed by atoms with Gasteiger partial charge in [-0.25, -0.2) is 0 Å². The molecule has 2 aromatic heterocycles. The number of aryl methyl sites for hydroxylation is 1. The summed E-state index contributed by atoms with van der Waals surface area (Å²) in [5, 5.41) is 6.40. The van der Waals surface area contributed by atoms with Crippen molar-refractivity contribution >= 4 is 16.6 Å². The number of aromatic nitrogens is 3. The second-order valence-corrected chi connectivity index (χ2v) is 7.25. The van der Waals surface area contributed by atoms with E-state index in [1.54, 1.807) is 4.68 Å². The molecule has 0 saturated carbocycles. The minimum absolute atomic E-state index is 0.194. The highest BCUT2D eigenvalue weighted by Crippen LogP contribution is 2.24. The van der Waals surface area contributed by atoms with Crippen molar-refractivity contribution in [2.45, 2.75) is 19.4 Å². The Balaban J connectivity index is 1.51. The Morgan fingerprint density at radius 3 is 2.89 bits per heavy atom. The summed E-state index contributed by atoms with van der Waals surface area (Å²) < 4.78 is 7.23. The number of carbonyl (C=O) groups is 1. The maximum absolute atomic E-state index is 12.5. The molecule has 1 aliphatic rings. The molecule has 6 nitrogen and oxygen atoms in total. The Morgan fingerprint density at radius 2 is 2.11 bits per heavy atom. The fourth-order valence-corrected chi connectivity index (χ4v) is 3.51. The van der Waals surface area contributed by atoms with Crippen LogP contribution >= 0.6 is 0 Å². The van der Waals surface area contributed by atoms with Crippen LogP contribution in [-0.4, -0.2) is 57.8 Å². The van der Waals surface area contributed by atoms with E-state index in [4.69, 9.17) is 4.74 Å². The molecule has 3 heterocycles. The number of morpholine rings is 1. The molecule has 1 fully saturated rings. The van der Waals surface area contributed by atoms with Gasteiger partial charge in [-0.1, -0.05) is 12.1 Å². The zero-order valence-corrected chi connectivity index (χ0v) is 15.8. The summed E-state index contributed by atoms with van der Waals surface area (Å²) in [6.45, 7) is 4.76. The summed E-state index contributed by atoms with van der Waals surface area (Å²) in [7, 11) is 1.91. The summed E-state index contributed by atoms with van der Waals surface area (Å²) in [6.07, 6.45) is 6.06. The Morgan fingerprint density at radius 1 is 1.22 bits per heavy atom. The summed E-state index contributed by atoms with van der Waals surface area (Å²) in [6, 6.07) is 8.58. The maximum atomic E-state index is 12.5. The molecule has 0 amide bonds. The number of rotatable bonds is 5. The molecule has 140 valence electrons. The number of carbonyl (C=O) groups excluding carboxylic acids is 1. The molecule has 0 unspecified atom stereocenters. The quantitative estimate of drug-likeness (QED) is 0.696. The molecule has 0 aliphatic carbocycles. The van der Waals surface area contributed by atoms with Crippen LogP contribution in [0.4, 0.5) is 0 Å². The highest BCUT2D eigenvalue weighted by Gasteiger charge is 2.21. The number of nitrogens with zero attached hydrogens (tertiary/aromatic N) is 4. The number of ketones is 1. The van der Waals surface area contributed by atoms with Gasteiger partial charge in [0.05, 0.1) is 32.4 Å². The molecule has 27 heavy (non-hydrogen) atoms. The van der Waals surface area contributed by atoms with Crippen LogP contribution in [-0.2, 0) is 23.0 Å². The van der Waals surface area contributed by atoms with Crippen LogP contribution in [0.15, 0.2) is 42.9 Å². The minimum atomic E-state index is 0.194. The van der Waals surface area contributed by atoms with Crippen molar-refractivity contribution in [1.82, 2.24) is 19.7 Å². The predicted octanol–water partition coefficient (Wildman–Crippen LogP) is 2.47. The van der Waals surface area contributed by atoms with Gasteiger partial charge in [0.15, 0.2) is 5.78 Å². The Hall–Kier alpha value is -2.57. The van der Waals surface area contributed by atoms with Crippen LogP contribution in [0, 0.1) is 0 Å². The molecule has 1 saturated heterocycles. The van der Waals surface area contributed by atoms with Gasteiger partial charge in [-0.15, -0.1) is 0 Å². The van der Waals surface area contributed by atoms with Gasteiger partial charge in [-0.05, 0) is 30.0 Å². The van der Waals surface area contributed by atoms with Crippen LogP contribution in [0.25, 0.3) is 21.9 Å². The lowest BCUT2D eigenvalue weighted by Gasteiger charge is -2.32. The van der Waals surface area contributed by atoms with E-state index in [-0.39, 0.29) is 11.8 Å². The molecule has 1 atom stereocenters. The lowest BCUT2D eigenvalue weighted by molar-refractivity contribution is -0.121. The van der Waals surface area contributed by atoms with E-state index < -0.39 is 0 Å². The highest BCUT2D eigenvalue weighted by atomic mass is 16.5. The Bertz CT molecular complexity index is 966. The van der Waals surface area contributed by atoms with E-state index in [0.29, 0.717) is 26.2 Å². The normalized spacial score (nSPS) is 18.1. The molecular weight excluding hydrogens is 340 g/mol. The average molecular weight is 364 g/mol. The SMILES string of the molecule is C[C@H]1COCCN1CC(=O)Cc1cc2cc(-c3cnn(C)c3)ccc2cn1. The van der Waals surface area contributed by atoms with Gasteiger partial charge >= 0.3 is 0 Å². The van der Waals surface area contributed by atoms with Crippen molar-refractivity contribution in [3.63, 3.8) is 0 Å². The van der Waals surface area contributed by atoms with Crippen molar-refractivity contribution < 1.29 is 9.53 Å². The van der Waals surface area contributed by atoms with Gasteiger partial charge in [0.1, 0.15) is 0 Å². The van der Waals surface area contributed by atoms with Gasteiger partial charge < -0.3 is 4.74 Å². The molecule has 1 aromatic carbocycles.